The Bertz CT molecular complexity index is 379. The molecule has 2 nitrogen and oxygen atoms in total. The molecule has 1 aliphatic rings. The van der Waals surface area contributed by atoms with Crippen LogP contribution in [0.15, 0.2) is 36.1 Å². The van der Waals surface area contributed by atoms with Gasteiger partial charge in [-0.15, -0.1) is 0 Å². The van der Waals surface area contributed by atoms with E-state index in [1.54, 1.807) is 0 Å². The van der Waals surface area contributed by atoms with Crippen molar-refractivity contribution in [3.05, 3.63) is 36.1 Å². The van der Waals surface area contributed by atoms with Crippen LogP contribution in [0.1, 0.15) is 54.4 Å². The lowest BCUT2D eigenvalue weighted by Crippen LogP contribution is -2.52. The van der Waals surface area contributed by atoms with Gasteiger partial charge in [0.15, 0.2) is 0 Å². The molecule has 1 saturated carbocycles. The molecule has 0 unspecified atom stereocenters. The van der Waals surface area contributed by atoms with Crippen LogP contribution in [-0.2, 0) is 4.74 Å². The fourth-order valence-corrected chi connectivity index (χ4v) is 2.43. The minimum absolute atomic E-state index is 0.184. The number of hydrogen-bond acceptors (Lipinski definition) is 2. The molecule has 1 N–H and O–H groups in total. The smallest absolute Gasteiger partial charge is 0.112 e. The van der Waals surface area contributed by atoms with Gasteiger partial charge in [-0.3, -0.25) is 0 Å². The van der Waals surface area contributed by atoms with Gasteiger partial charge in [0, 0.05) is 11.6 Å². The van der Waals surface area contributed by atoms with Crippen LogP contribution in [0.25, 0.3) is 0 Å². The van der Waals surface area contributed by atoms with Crippen molar-refractivity contribution in [3.8, 4) is 0 Å². The van der Waals surface area contributed by atoms with Gasteiger partial charge in [-0.1, -0.05) is 32.6 Å². The van der Waals surface area contributed by atoms with Gasteiger partial charge in [0.1, 0.15) is 11.9 Å². The van der Waals surface area contributed by atoms with Gasteiger partial charge >= 0.3 is 0 Å². The Morgan fingerprint density at radius 2 is 1.90 bits per heavy atom. The van der Waals surface area contributed by atoms with E-state index in [2.05, 4.69) is 64.7 Å². The number of ether oxygens (including phenoxy) is 1. The van der Waals surface area contributed by atoms with Gasteiger partial charge in [-0.25, -0.2) is 0 Å². The summed E-state index contributed by atoms with van der Waals surface area (Å²) in [4.78, 5) is 0. The zero-order valence-electron chi connectivity index (χ0n) is 14.0. The van der Waals surface area contributed by atoms with E-state index in [1.807, 2.05) is 6.92 Å². The van der Waals surface area contributed by atoms with E-state index in [9.17, 15) is 0 Å². The molecule has 1 aliphatic carbocycles. The third kappa shape index (κ3) is 5.96. The van der Waals surface area contributed by atoms with Crippen molar-refractivity contribution in [2.24, 2.45) is 5.92 Å². The Labute approximate surface area is 125 Å². The average molecular weight is 277 g/mol. The quantitative estimate of drug-likeness (QED) is 0.566. The third-order valence-corrected chi connectivity index (χ3v) is 3.40. The number of hydrogen-bond donors (Lipinski definition) is 1. The Hall–Kier alpha value is -1.02. The van der Waals surface area contributed by atoms with Gasteiger partial charge in [0.05, 0.1) is 0 Å². The molecule has 0 aromatic heterocycles. The minimum atomic E-state index is 0.184. The maximum atomic E-state index is 5.91. The van der Waals surface area contributed by atoms with E-state index in [0.717, 1.165) is 18.6 Å². The molecule has 0 saturated heterocycles. The SMILES string of the molecule is C=C(/C=C(\C=C/C)C(C)C)OC1CC(NC(C)(C)C)C1. The summed E-state index contributed by atoms with van der Waals surface area (Å²) in [6.45, 7) is 17.0. The molecule has 0 radical (unpaired) electrons. The van der Waals surface area contributed by atoms with Gasteiger partial charge in [0.25, 0.3) is 0 Å². The number of rotatable bonds is 6. The van der Waals surface area contributed by atoms with Gasteiger partial charge in [-0.2, -0.15) is 0 Å². The first kappa shape index (κ1) is 17.0. The summed E-state index contributed by atoms with van der Waals surface area (Å²) in [7, 11) is 0. The second-order valence-electron chi connectivity index (χ2n) is 7.07. The molecule has 0 aromatic rings. The average Bonchev–Trinajstić information content (AvgIpc) is 2.23. The number of allylic oxidation sites excluding steroid dienone is 4. The lowest BCUT2D eigenvalue weighted by atomic mass is 9.87. The van der Waals surface area contributed by atoms with E-state index >= 15 is 0 Å². The van der Waals surface area contributed by atoms with Crippen LogP contribution < -0.4 is 5.32 Å². The Morgan fingerprint density at radius 3 is 2.35 bits per heavy atom. The number of nitrogens with one attached hydrogen (secondary N) is 1. The highest BCUT2D eigenvalue weighted by molar-refractivity contribution is 5.27. The summed E-state index contributed by atoms with van der Waals surface area (Å²) < 4.78 is 5.91. The maximum absolute atomic E-state index is 5.91. The van der Waals surface area contributed by atoms with Gasteiger partial charge in [-0.05, 0) is 58.1 Å². The van der Waals surface area contributed by atoms with Crippen molar-refractivity contribution in [1.29, 1.82) is 0 Å². The fraction of sp³-hybridized carbons (Fsp3) is 0.667. The molecule has 20 heavy (non-hydrogen) atoms. The normalized spacial score (nSPS) is 24.1. The molecule has 1 rings (SSSR count). The largest absolute Gasteiger partial charge is 0.491 e. The highest BCUT2D eigenvalue weighted by Gasteiger charge is 2.33. The lowest BCUT2D eigenvalue weighted by molar-refractivity contribution is 0.0261. The molecule has 114 valence electrons. The summed E-state index contributed by atoms with van der Waals surface area (Å²) in [5, 5.41) is 3.60. The topological polar surface area (TPSA) is 21.3 Å². The van der Waals surface area contributed by atoms with Crippen molar-refractivity contribution in [2.75, 3.05) is 0 Å². The summed E-state index contributed by atoms with van der Waals surface area (Å²) in [6.07, 6.45) is 8.72. The molecule has 2 heteroatoms. The molecule has 0 heterocycles. The molecular weight excluding hydrogens is 246 g/mol. The van der Waals surface area contributed by atoms with Crippen molar-refractivity contribution in [2.45, 2.75) is 72.1 Å². The second kappa shape index (κ2) is 7.12. The zero-order chi connectivity index (χ0) is 15.3. The van der Waals surface area contributed by atoms with E-state index in [4.69, 9.17) is 4.74 Å². The highest BCUT2D eigenvalue weighted by atomic mass is 16.5. The van der Waals surface area contributed by atoms with Crippen LogP contribution in [0.3, 0.4) is 0 Å². The van der Waals surface area contributed by atoms with E-state index in [1.165, 1.54) is 5.57 Å². The Kier molecular flexibility index (Phi) is 6.07. The first-order chi connectivity index (χ1) is 9.21. The maximum Gasteiger partial charge on any atom is 0.112 e. The minimum Gasteiger partial charge on any atom is -0.491 e. The first-order valence-electron chi connectivity index (χ1n) is 7.69. The highest BCUT2D eigenvalue weighted by Crippen LogP contribution is 2.27. The summed E-state index contributed by atoms with van der Waals surface area (Å²) in [6, 6.07) is 0.580. The summed E-state index contributed by atoms with van der Waals surface area (Å²) in [5.74, 6) is 1.27. The summed E-state index contributed by atoms with van der Waals surface area (Å²) >= 11 is 0. The van der Waals surface area contributed by atoms with Crippen molar-refractivity contribution in [1.82, 2.24) is 5.32 Å². The molecule has 0 amide bonds. The first-order valence-corrected chi connectivity index (χ1v) is 7.69. The van der Waals surface area contributed by atoms with Crippen molar-refractivity contribution < 1.29 is 4.74 Å². The van der Waals surface area contributed by atoms with Gasteiger partial charge in [0.2, 0.25) is 0 Å². The zero-order valence-corrected chi connectivity index (χ0v) is 14.0. The van der Waals surface area contributed by atoms with Crippen LogP contribution in [0.5, 0.6) is 0 Å². The van der Waals surface area contributed by atoms with Crippen LogP contribution in [0.4, 0.5) is 0 Å². The predicted molar refractivity (Wildman–Crippen MR) is 87.7 cm³/mol. The second-order valence-corrected chi connectivity index (χ2v) is 7.07. The third-order valence-electron chi connectivity index (χ3n) is 3.40. The molecule has 0 aromatic carbocycles. The van der Waals surface area contributed by atoms with Crippen LogP contribution in [0, 0.1) is 5.92 Å². The standard InChI is InChI=1S/C18H31NO/c1-8-9-15(13(2)3)10-14(4)20-17-11-16(12-17)19-18(5,6)7/h8-10,13,16-17,19H,4,11-12H2,1-3,5-7H3/b9-8-,15-10+. The fourth-order valence-electron chi connectivity index (χ4n) is 2.43. The Balaban J connectivity index is 2.40. The predicted octanol–water partition coefficient (Wildman–Crippen LogP) is 4.59. The van der Waals surface area contributed by atoms with Crippen LogP contribution >= 0.6 is 0 Å². The molecular formula is C18H31NO. The summed E-state index contributed by atoms with van der Waals surface area (Å²) in [5.41, 5.74) is 1.45. The molecule has 0 bridgehead atoms. The van der Waals surface area contributed by atoms with Crippen LogP contribution in [-0.4, -0.2) is 17.7 Å². The Morgan fingerprint density at radius 1 is 1.30 bits per heavy atom. The van der Waals surface area contributed by atoms with Gasteiger partial charge < -0.3 is 10.1 Å². The van der Waals surface area contributed by atoms with Crippen molar-refractivity contribution in [3.63, 3.8) is 0 Å². The molecule has 1 fully saturated rings. The van der Waals surface area contributed by atoms with E-state index in [-0.39, 0.29) is 5.54 Å². The molecule has 0 atom stereocenters. The van der Waals surface area contributed by atoms with Crippen LogP contribution in [0.2, 0.25) is 0 Å². The lowest BCUT2D eigenvalue weighted by Gasteiger charge is -2.40. The van der Waals surface area contributed by atoms with E-state index < -0.39 is 0 Å². The monoisotopic (exact) mass is 277 g/mol. The molecule has 0 spiro atoms. The van der Waals surface area contributed by atoms with E-state index in [0.29, 0.717) is 18.1 Å². The molecule has 0 aliphatic heterocycles. The van der Waals surface area contributed by atoms with Crippen molar-refractivity contribution >= 4 is 0 Å².